The Morgan fingerprint density at radius 2 is 1.90 bits per heavy atom. The Kier molecular flexibility index (Phi) is 13.8. The molecule has 0 saturated carbocycles. The van der Waals surface area contributed by atoms with Gasteiger partial charge in [0.15, 0.2) is 5.96 Å². The highest BCUT2D eigenvalue weighted by Gasteiger charge is 2.15. The van der Waals surface area contributed by atoms with Gasteiger partial charge in [-0.25, -0.2) is 0 Å². The van der Waals surface area contributed by atoms with Crippen molar-refractivity contribution in [1.29, 1.82) is 0 Å². The van der Waals surface area contributed by atoms with Gasteiger partial charge in [-0.2, -0.15) is 0 Å². The summed E-state index contributed by atoms with van der Waals surface area (Å²) in [6, 6.07) is 0. The summed E-state index contributed by atoms with van der Waals surface area (Å²) in [7, 11) is 0. The number of guanidine groups is 1. The van der Waals surface area contributed by atoms with E-state index in [2.05, 4.69) is 16.9 Å². The number of nitrogens with one attached hydrogen (secondary N) is 1. The van der Waals surface area contributed by atoms with E-state index < -0.39 is 0 Å². The lowest BCUT2D eigenvalue weighted by molar-refractivity contribution is -0.154. The molecule has 0 aromatic rings. The number of aliphatic imine (C=N–C) groups is 1. The summed E-state index contributed by atoms with van der Waals surface area (Å²) in [5.74, 6) is 0.340. The third-order valence-corrected chi connectivity index (χ3v) is 2.42. The molecule has 0 saturated heterocycles. The number of ether oxygens (including phenoxy) is 1. The predicted molar refractivity (Wildman–Crippen MR) is 99.0 cm³/mol. The Morgan fingerprint density at radius 1 is 1.29 bits per heavy atom. The van der Waals surface area contributed by atoms with E-state index in [0.29, 0.717) is 25.5 Å². The zero-order valence-corrected chi connectivity index (χ0v) is 15.8. The number of carbonyl (C=O) groups excluding carboxylic acids is 1. The van der Waals surface area contributed by atoms with Gasteiger partial charge < -0.3 is 15.8 Å². The third kappa shape index (κ3) is 17.2. The Hall–Kier alpha value is -0.790. The lowest BCUT2D eigenvalue weighted by Crippen LogP contribution is -2.31. The van der Waals surface area contributed by atoms with Crippen molar-refractivity contribution in [2.45, 2.75) is 58.5 Å². The lowest BCUT2D eigenvalue weighted by atomic mass is 10.1. The van der Waals surface area contributed by atoms with Crippen LogP contribution in [0.25, 0.3) is 0 Å². The maximum atomic E-state index is 11.5. The molecule has 124 valence electrons. The number of carbonyl (C=O) groups is 1. The summed E-state index contributed by atoms with van der Waals surface area (Å²) >= 11 is 0. The van der Waals surface area contributed by atoms with Crippen LogP contribution in [0.5, 0.6) is 0 Å². The number of nitrogens with two attached hydrogens (primary N) is 1. The van der Waals surface area contributed by atoms with Crippen molar-refractivity contribution in [3.8, 4) is 0 Å². The van der Waals surface area contributed by atoms with E-state index in [-0.39, 0.29) is 35.5 Å². The zero-order chi connectivity index (χ0) is 15.4. The topological polar surface area (TPSA) is 76.7 Å². The molecule has 0 spiro atoms. The first-order valence-corrected chi connectivity index (χ1v) is 7.21. The standard InChI is InChI=1S/C15H29N3O2.HI/c1-5-11-17-14(16)18-12-9-7-6-8-10-13(19)20-15(2,3)4;/h5H,1,6-12H2,2-4H3,(H3,16,17,18);1H. The number of hydrogen-bond acceptors (Lipinski definition) is 3. The molecule has 5 nitrogen and oxygen atoms in total. The van der Waals surface area contributed by atoms with Crippen LogP contribution in [0.4, 0.5) is 0 Å². The van der Waals surface area contributed by atoms with Crippen molar-refractivity contribution in [3.05, 3.63) is 12.7 Å². The predicted octanol–water partition coefficient (Wildman–Crippen LogP) is 2.99. The fourth-order valence-electron chi connectivity index (χ4n) is 1.56. The molecule has 0 fully saturated rings. The Labute approximate surface area is 145 Å². The van der Waals surface area contributed by atoms with E-state index in [1.54, 1.807) is 6.08 Å². The highest BCUT2D eigenvalue weighted by Crippen LogP contribution is 2.11. The van der Waals surface area contributed by atoms with Gasteiger partial charge in [0.05, 0.1) is 0 Å². The molecule has 0 aromatic heterocycles. The van der Waals surface area contributed by atoms with Gasteiger partial charge in [-0.1, -0.05) is 18.9 Å². The van der Waals surface area contributed by atoms with Gasteiger partial charge in [-0.15, -0.1) is 30.6 Å². The van der Waals surface area contributed by atoms with Crippen LogP contribution in [0.1, 0.15) is 52.9 Å². The van der Waals surface area contributed by atoms with Crippen molar-refractivity contribution in [3.63, 3.8) is 0 Å². The van der Waals surface area contributed by atoms with E-state index in [9.17, 15) is 4.79 Å². The van der Waals surface area contributed by atoms with E-state index >= 15 is 0 Å². The molecule has 0 aliphatic carbocycles. The van der Waals surface area contributed by atoms with Crippen LogP contribution in [0.15, 0.2) is 17.6 Å². The highest BCUT2D eigenvalue weighted by molar-refractivity contribution is 14.0. The minimum Gasteiger partial charge on any atom is -0.460 e. The second-order valence-corrected chi connectivity index (χ2v) is 5.69. The summed E-state index contributed by atoms with van der Waals surface area (Å²) in [6.07, 6.45) is 6.12. The molecule has 6 heteroatoms. The molecule has 3 N–H and O–H groups in total. The van der Waals surface area contributed by atoms with E-state index in [1.165, 1.54) is 0 Å². The van der Waals surface area contributed by atoms with Gasteiger partial charge in [-0.3, -0.25) is 9.79 Å². The quantitative estimate of drug-likeness (QED) is 0.153. The van der Waals surface area contributed by atoms with Crippen molar-refractivity contribution in [1.82, 2.24) is 5.32 Å². The first-order chi connectivity index (χ1) is 9.35. The Bertz CT molecular complexity index is 325. The van der Waals surface area contributed by atoms with Crippen LogP contribution in [0.2, 0.25) is 0 Å². The third-order valence-electron chi connectivity index (χ3n) is 2.42. The van der Waals surface area contributed by atoms with Gasteiger partial charge in [0.1, 0.15) is 5.60 Å². The fraction of sp³-hybridized carbons (Fsp3) is 0.733. The molecule has 0 amide bonds. The smallest absolute Gasteiger partial charge is 0.306 e. The molecule has 0 bridgehead atoms. The van der Waals surface area contributed by atoms with Crippen LogP contribution < -0.4 is 11.1 Å². The monoisotopic (exact) mass is 411 g/mol. The maximum absolute atomic E-state index is 11.5. The van der Waals surface area contributed by atoms with Gasteiger partial charge in [-0.05, 0) is 33.6 Å². The molecular formula is C15H30IN3O2. The van der Waals surface area contributed by atoms with Crippen molar-refractivity contribution < 1.29 is 9.53 Å². The van der Waals surface area contributed by atoms with Gasteiger partial charge in [0.25, 0.3) is 0 Å². The largest absolute Gasteiger partial charge is 0.460 e. The summed E-state index contributed by atoms with van der Waals surface area (Å²) in [4.78, 5) is 15.6. The number of hydrogen-bond donors (Lipinski definition) is 2. The first kappa shape index (κ1) is 22.5. The zero-order valence-electron chi connectivity index (χ0n) is 13.5. The van der Waals surface area contributed by atoms with E-state index in [1.807, 2.05) is 20.8 Å². The number of nitrogens with zero attached hydrogens (tertiary/aromatic N) is 1. The minimum absolute atomic E-state index is 0. The van der Waals surface area contributed by atoms with Gasteiger partial charge in [0.2, 0.25) is 0 Å². The summed E-state index contributed by atoms with van der Waals surface area (Å²) in [5.41, 5.74) is 5.24. The molecule has 0 heterocycles. The fourth-order valence-corrected chi connectivity index (χ4v) is 1.56. The molecule has 21 heavy (non-hydrogen) atoms. The Balaban J connectivity index is 0. The maximum Gasteiger partial charge on any atom is 0.306 e. The van der Waals surface area contributed by atoms with Gasteiger partial charge >= 0.3 is 5.97 Å². The van der Waals surface area contributed by atoms with Crippen LogP contribution in [-0.4, -0.2) is 30.6 Å². The van der Waals surface area contributed by atoms with Crippen molar-refractivity contribution >= 4 is 35.9 Å². The SMILES string of the molecule is C=CCNC(N)=NCCCCCCC(=O)OC(C)(C)C.I. The average Bonchev–Trinajstić information content (AvgIpc) is 2.33. The van der Waals surface area contributed by atoms with Crippen molar-refractivity contribution in [2.75, 3.05) is 13.1 Å². The van der Waals surface area contributed by atoms with Crippen LogP contribution >= 0.6 is 24.0 Å². The number of unbranched alkanes of at least 4 members (excludes halogenated alkanes) is 3. The van der Waals surface area contributed by atoms with Crippen LogP contribution in [0, 0.1) is 0 Å². The van der Waals surface area contributed by atoms with E-state index in [0.717, 1.165) is 25.7 Å². The number of esters is 1. The van der Waals surface area contributed by atoms with E-state index in [4.69, 9.17) is 10.5 Å². The normalized spacial score (nSPS) is 11.5. The molecule has 0 aliphatic rings. The first-order valence-electron chi connectivity index (χ1n) is 7.21. The second-order valence-electron chi connectivity index (χ2n) is 5.69. The molecule has 0 rings (SSSR count). The molecular weight excluding hydrogens is 381 g/mol. The lowest BCUT2D eigenvalue weighted by Gasteiger charge is -2.19. The summed E-state index contributed by atoms with van der Waals surface area (Å²) in [6.45, 7) is 10.6. The van der Waals surface area contributed by atoms with Crippen molar-refractivity contribution in [2.24, 2.45) is 10.7 Å². The molecule has 0 aliphatic heterocycles. The number of rotatable bonds is 9. The van der Waals surface area contributed by atoms with Gasteiger partial charge in [0, 0.05) is 19.5 Å². The molecule has 0 radical (unpaired) electrons. The minimum atomic E-state index is -0.387. The number of halogens is 1. The Morgan fingerprint density at radius 3 is 2.48 bits per heavy atom. The molecule has 0 aromatic carbocycles. The average molecular weight is 411 g/mol. The molecule has 0 unspecified atom stereocenters. The summed E-state index contributed by atoms with van der Waals surface area (Å²) < 4.78 is 5.24. The summed E-state index contributed by atoms with van der Waals surface area (Å²) in [5, 5.41) is 2.92. The second kappa shape index (κ2) is 12.9. The highest BCUT2D eigenvalue weighted by atomic mass is 127. The molecule has 0 atom stereocenters. The van der Waals surface area contributed by atoms with Crippen LogP contribution in [-0.2, 0) is 9.53 Å². The van der Waals surface area contributed by atoms with Crippen LogP contribution in [0.3, 0.4) is 0 Å².